The van der Waals surface area contributed by atoms with Gasteiger partial charge in [-0.05, 0) is 29.3 Å². The summed E-state index contributed by atoms with van der Waals surface area (Å²) >= 11 is 0. The Balaban J connectivity index is 1.63. The Morgan fingerprint density at radius 2 is 1.68 bits per heavy atom. The molecule has 1 aliphatic heterocycles. The number of piperazine rings is 1. The first kappa shape index (κ1) is 17.0. The van der Waals surface area contributed by atoms with E-state index in [1.54, 1.807) is 22.8 Å². The molecule has 0 atom stereocenters. The molecule has 0 N–H and O–H groups in total. The van der Waals surface area contributed by atoms with E-state index in [9.17, 15) is 9.59 Å². The number of carbonyl (C=O) groups excluding carboxylic acids is 2. The lowest BCUT2D eigenvalue weighted by molar-refractivity contribution is -0.127. The molecule has 0 spiro atoms. The molecule has 2 amide bonds. The number of nitrogens with zero attached hydrogens (tertiary/aromatic N) is 2. The molecular weight excluding hydrogens is 316 g/mol. The van der Waals surface area contributed by atoms with Crippen LogP contribution < -0.4 is 0 Å². The van der Waals surface area contributed by atoms with Gasteiger partial charge in [0.15, 0.2) is 0 Å². The predicted octanol–water partition coefficient (Wildman–Crippen LogP) is 3.15. The summed E-state index contributed by atoms with van der Waals surface area (Å²) in [5.74, 6) is -0.0311. The molecule has 2 aromatic rings. The Morgan fingerprint density at radius 1 is 1.00 bits per heavy atom. The van der Waals surface area contributed by atoms with E-state index in [2.05, 4.69) is 18.2 Å². The Kier molecular flexibility index (Phi) is 5.33. The van der Waals surface area contributed by atoms with Crippen LogP contribution >= 0.6 is 0 Å². The zero-order chi connectivity index (χ0) is 17.6. The third kappa shape index (κ3) is 3.99. The molecule has 1 heterocycles. The van der Waals surface area contributed by atoms with Crippen LogP contribution in [0.3, 0.4) is 0 Å². The van der Waals surface area contributed by atoms with Crippen molar-refractivity contribution in [1.82, 2.24) is 9.80 Å². The molecule has 0 radical (unpaired) electrons. The van der Waals surface area contributed by atoms with Gasteiger partial charge >= 0.3 is 6.09 Å². The van der Waals surface area contributed by atoms with Crippen LogP contribution in [0.25, 0.3) is 16.8 Å². The van der Waals surface area contributed by atoms with Gasteiger partial charge in [0.1, 0.15) is 0 Å². The Hall–Kier alpha value is -2.82. The molecule has 5 nitrogen and oxygen atoms in total. The third-order valence-corrected chi connectivity index (χ3v) is 4.35. The van der Waals surface area contributed by atoms with Crippen LogP contribution in [0.15, 0.2) is 48.5 Å². The monoisotopic (exact) mass is 338 g/mol. The van der Waals surface area contributed by atoms with Gasteiger partial charge in [0, 0.05) is 32.3 Å². The Labute approximate surface area is 147 Å². The molecule has 25 heavy (non-hydrogen) atoms. The largest absolute Gasteiger partial charge is 0.450 e. The fourth-order valence-electron chi connectivity index (χ4n) is 2.99. The van der Waals surface area contributed by atoms with E-state index in [1.165, 1.54) is 0 Å². The van der Waals surface area contributed by atoms with Crippen LogP contribution in [0.2, 0.25) is 0 Å². The second kappa shape index (κ2) is 7.83. The number of benzene rings is 2. The van der Waals surface area contributed by atoms with E-state index < -0.39 is 0 Å². The number of ether oxygens (including phenoxy) is 1. The molecule has 0 unspecified atom stereocenters. The van der Waals surface area contributed by atoms with Gasteiger partial charge in [-0.3, -0.25) is 4.79 Å². The van der Waals surface area contributed by atoms with Crippen molar-refractivity contribution in [3.63, 3.8) is 0 Å². The molecule has 1 aliphatic rings. The predicted molar refractivity (Wildman–Crippen MR) is 98.2 cm³/mol. The fraction of sp³-hybridized carbons (Fsp3) is 0.300. The highest BCUT2D eigenvalue weighted by Gasteiger charge is 2.23. The van der Waals surface area contributed by atoms with E-state index in [0.29, 0.717) is 32.8 Å². The number of rotatable bonds is 3. The van der Waals surface area contributed by atoms with Gasteiger partial charge < -0.3 is 14.5 Å². The minimum Gasteiger partial charge on any atom is -0.450 e. The fourth-order valence-corrected chi connectivity index (χ4v) is 2.99. The number of fused-ring (bicyclic) bond motifs is 1. The quantitative estimate of drug-likeness (QED) is 0.808. The van der Waals surface area contributed by atoms with Gasteiger partial charge in [-0.2, -0.15) is 0 Å². The minimum absolute atomic E-state index is 0.0311. The van der Waals surface area contributed by atoms with Crippen molar-refractivity contribution in [1.29, 1.82) is 0 Å². The summed E-state index contributed by atoms with van der Waals surface area (Å²) in [6, 6.07) is 14.2. The molecule has 0 aliphatic carbocycles. The summed E-state index contributed by atoms with van der Waals surface area (Å²) in [5.41, 5.74) is 1.02. The lowest BCUT2D eigenvalue weighted by Crippen LogP contribution is -2.50. The highest BCUT2D eigenvalue weighted by Crippen LogP contribution is 2.19. The number of carbonyl (C=O) groups is 2. The Morgan fingerprint density at radius 3 is 2.44 bits per heavy atom. The maximum Gasteiger partial charge on any atom is 0.409 e. The first-order chi connectivity index (χ1) is 12.2. The van der Waals surface area contributed by atoms with Crippen molar-refractivity contribution in [2.75, 3.05) is 32.8 Å². The summed E-state index contributed by atoms with van der Waals surface area (Å²) in [7, 11) is 0. The summed E-state index contributed by atoms with van der Waals surface area (Å²) in [6.07, 6.45) is 3.17. The minimum atomic E-state index is -0.305. The standard InChI is InChI=1S/C20H22N2O3/c1-2-25-20(24)22-14-12-21(13-15-22)19(23)11-10-17-8-5-7-16-6-3-4-9-18(16)17/h3-11H,2,12-15H2,1H3. The highest BCUT2D eigenvalue weighted by atomic mass is 16.6. The first-order valence-corrected chi connectivity index (χ1v) is 8.55. The number of hydrogen-bond donors (Lipinski definition) is 0. The molecule has 3 rings (SSSR count). The number of amides is 2. The topological polar surface area (TPSA) is 49.9 Å². The van der Waals surface area contributed by atoms with E-state index in [-0.39, 0.29) is 12.0 Å². The van der Waals surface area contributed by atoms with Crippen molar-refractivity contribution < 1.29 is 14.3 Å². The van der Waals surface area contributed by atoms with Gasteiger partial charge in [0.25, 0.3) is 0 Å². The van der Waals surface area contributed by atoms with Crippen LogP contribution in [-0.2, 0) is 9.53 Å². The zero-order valence-electron chi connectivity index (χ0n) is 14.4. The maximum absolute atomic E-state index is 12.4. The maximum atomic E-state index is 12.4. The van der Waals surface area contributed by atoms with Gasteiger partial charge in [0.2, 0.25) is 5.91 Å². The second-order valence-electron chi connectivity index (χ2n) is 5.91. The van der Waals surface area contributed by atoms with Crippen molar-refractivity contribution >= 4 is 28.8 Å². The van der Waals surface area contributed by atoms with Gasteiger partial charge in [-0.25, -0.2) is 4.79 Å². The first-order valence-electron chi connectivity index (χ1n) is 8.55. The van der Waals surface area contributed by atoms with Crippen molar-refractivity contribution in [2.24, 2.45) is 0 Å². The van der Waals surface area contributed by atoms with E-state index in [4.69, 9.17) is 4.74 Å². The van der Waals surface area contributed by atoms with Crippen molar-refractivity contribution in [3.8, 4) is 0 Å². The van der Waals surface area contributed by atoms with Gasteiger partial charge in [-0.1, -0.05) is 42.5 Å². The molecule has 0 saturated carbocycles. The normalized spacial score (nSPS) is 14.9. The summed E-state index contributed by atoms with van der Waals surface area (Å²) in [4.78, 5) is 27.5. The number of hydrogen-bond acceptors (Lipinski definition) is 3. The van der Waals surface area contributed by atoms with Crippen molar-refractivity contribution in [2.45, 2.75) is 6.92 Å². The third-order valence-electron chi connectivity index (χ3n) is 4.35. The van der Waals surface area contributed by atoms with Crippen LogP contribution in [-0.4, -0.2) is 54.6 Å². The molecular formula is C20H22N2O3. The summed E-state index contributed by atoms with van der Waals surface area (Å²) in [5, 5.41) is 2.28. The van der Waals surface area contributed by atoms with E-state index >= 15 is 0 Å². The van der Waals surface area contributed by atoms with Crippen LogP contribution in [0.5, 0.6) is 0 Å². The van der Waals surface area contributed by atoms with Gasteiger partial charge in [0.05, 0.1) is 6.61 Å². The van der Waals surface area contributed by atoms with Crippen molar-refractivity contribution in [3.05, 3.63) is 54.1 Å². The zero-order valence-corrected chi connectivity index (χ0v) is 14.4. The van der Waals surface area contributed by atoms with Crippen LogP contribution in [0.4, 0.5) is 4.79 Å². The smallest absolute Gasteiger partial charge is 0.409 e. The molecule has 1 saturated heterocycles. The van der Waals surface area contributed by atoms with Crippen LogP contribution in [0, 0.1) is 0 Å². The summed E-state index contributed by atoms with van der Waals surface area (Å²) in [6.45, 7) is 4.22. The molecule has 0 bridgehead atoms. The van der Waals surface area contributed by atoms with Crippen LogP contribution in [0.1, 0.15) is 12.5 Å². The molecule has 2 aromatic carbocycles. The van der Waals surface area contributed by atoms with E-state index in [0.717, 1.165) is 16.3 Å². The lowest BCUT2D eigenvalue weighted by Gasteiger charge is -2.33. The molecule has 1 fully saturated rings. The second-order valence-corrected chi connectivity index (χ2v) is 5.91. The molecule has 130 valence electrons. The average molecular weight is 338 g/mol. The molecule has 5 heteroatoms. The summed E-state index contributed by atoms with van der Waals surface area (Å²) < 4.78 is 4.99. The lowest BCUT2D eigenvalue weighted by atomic mass is 10.0. The van der Waals surface area contributed by atoms with E-state index in [1.807, 2.05) is 30.3 Å². The Bertz CT molecular complexity index is 787. The SMILES string of the molecule is CCOC(=O)N1CCN(C(=O)C=Cc2cccc3ccccc23)CC1. The average Bonchev–Trinajstić information content (AvgIpc) is 2.66. The molecule has 0 aromatic heterocycles. The van der Waals surface area contributed by atoms with Gasteiger partial charge in [-0.15, -0.1) is 0 Å². The highest BCUT2D eigenvalue weighted by molar-refractivity contribution is 5.96.